The number of nitrogens with zero attached hydrogens (tertiary/aromatic N) is 3. The van der Waals surface area contributed by atoms with E-state index >= 15 is 0 Å². The standard InChI is InChI=1S/C18H16N4OS/c1-22(2)14-7-5-13(6-8-14)18(23)16(12-4-3-9-20-11-12)15(10-19)17(24)21-18/h3-9,11,23H,1-2H3,(H,21,24). The maximum absolute atomic E-state index is 11.3. The second-order valence-electron chi connectivity index (χ2n) is 5.71. The van der Waals surface area contributed by atoms with Crippen LogP contribution < -0.4 is 10.2 Å². The molecule has 2 N–H and O–H groups in total. The number of rotatable bonds is 3. The van der Waals surface area contributed by atoms with Gasteiger partial charge in [-0.05, 0) is 18.2 Å². The summed E-state index contributed by atoms with van der Waals surface area (Å²) < 4.78 is 0. The molecule has 2 heterocycles. The largest absolute Gasteiger partial charge is 0.378 e. The summed E-state index contributed by atoms with van der Waals surface area (Å²) in [6.07, 6.45) is 3.25. The van der Waals surface area contributed by atoms with E-state index < -0.39 is 5.72 Å². The number of aliphatic hydroxyl groups is 1. The minimum Gasteiger partial charge on any atom is -0.378 e. The predicted octanol–water partition coefficient (Wildman–Crippen LogP) is 2.20. The van der Waals surface area contributed by atoms with Crippen LogP contribution >= 0.6 is 12.2 Å². The van der Waals surface area contributed by atoms with Gasteiger partial charge in [0.15, 0.2) is 5.72 Å². The van der Waals surface area contributed by atoms with Gasteiger partial charge in [0.05, 0.1) is 5.57 Å². The zero-order chi connectivity index (χ0) is 17.3. The molecule has 0 fully saturated rings. The Morgan fingerprint density at radius 2 is 1.96 bits per heavy atom. The topological polar surface area (TPSA) is 72.2 Å². The van der Waals surface area contributed by atoms with E-state index in [4.69, 9.17) is 12.2 Å². The molecule has 24 heavy (non-hydrogen) atoms. The van der Waals surface area contributed by atoms with Crippen LogP contribution in [-0.2, 0) is 5.72 Å². The van der Waals surface area contributed by atoms with E-state index in [1.54, 1.807) is 24.5 Å². The van der Waals surface area contributed by atoms with Gasteiger partial charge in [0.25, 0.3) is 0 Å². The minimum atomic E-state index is -1.56. The van der Waals surface area contributed by atoms with Crippen molar-refractivity contribution in [2.45, 2.75) is 5.72 Å². The average Bonchev–Trinajstić information content (AvgIpc) is 2.86. The third kappa shape index (κ3) is 2.54. The summed E-state index contributed by atoms with van der Waals surface area (Å²) in [5, 5.41) is 23.7. The van der Waals surface area contributed by atoms with Gasteiger partial charge in [0.2, 0.25) is 0 Å². The molecule has 0 saturated heterocycles. The number of anilines is 1. The fourth-order valence-electron chi connectivity index (χ4n) is 2.77. The zero-order valence-corrected chi connectivity index (χ0v) is 14.1. The van der Waals surface area contributed by atoms with Crippen molar-refractivity contribution in [3.63, 3.8) is 0 Å². The van der Waals surface area contributed by atoms with Gasteiger partial charge in [0, 0.05) is 48.9 Å². The van der Waals surface area contributed by atoms with Crippen molar-refractivity contribution in [1.29, 1.82) is 5.26 Å². The van der Waals surface area contributed by atoms with E-state index in [-0.39, 0.29) is 10.6 Å². The summed E-state index contributed by atoms with van der Waals surface area (Å²) in [6, 6.07) is 13.1. The Balaban J connectivity index is 2.16. The first-order valence-corrected chi connectivity index (χ1v) is 7.76. The van der Waals surface area contributed by atoms with Gasteiger partial charge in [0.1, 0.15) is 11.1 Å². The molecule has 0 spiro atoms. The molecule has 1 aliphatic heterocycles. The predicted molar refractivity (Wildman–Crippen MR) is 97.2 cm³/mol. The second kappa shape index (κ2) is 6.04. The number of hydrogen-bond donors (Lipinski definition) is 2. The van der Waals surface area contributed by atoms with Crippen LogP contribution in [0.5, 0.6) is 0 Å². The number of nitriles is 1. The summed E-state index contributed by atoms with van der Waals surface area (Å²) in [7, 11) is 3.89. The Labute approximate surface area is 145 Å². The maximum atomic E-state index is 11.3. The summed E-state index contributed by atoms with van der Waals surface area (Å²) in [6.45, 7) is 0. The van der Waals surface area contributed by atoms with Gasteiger partial charge in [-0.2, -0.15) is 5.26 Å². The molecule has 1 atom stereocenters. The highest BCUT2D eigenvalue weighted by atomic mass is 32.1. The van der Waals surface area contributed by atoms with Gasteiger partial charge in [-0.3, -0.25) is 4.98 Å². The SMILES string of the molecule is CN(C)c1ccc(C2(O)NC(=S)C(C#N)=C2c2cccnc2)cc1. The molecule has 1 aromatic carbocycles. The molecule has 2 aromatic rings. The van der Waals surface area contributed by atoms with E-state index in [2.05, 4.69) is 16.4 Å². The molecule has 0 saturated carbocycles. The number of thiocarbonyl (C=S) groups is 1. The van der Waals surface area contributed by atoms with E-state index in [0.717, 1.165) is 5.69 Å². The highest BCUT2D eigenvalue weighted by Crippen LogP contribution is 2.41. The summed E-state index contributed by atoms with van der Waals surface area (Å²) in [4.78, 5) is 6.29. The van der Waals surface area contributed by atoms with Gasteiger partial charge in [-0.1, -0.05) is 30.4 Å². The van der Waals surface area contributed by atoms with Crippen molar-refractivity contribution in [3.8, 4) is 6.07 Å². The molecule has 0 radical (unpaired) electrons. The van der Waals surface area contributed by atoms with Gasteiger partial charge >= 0.3 is 0 Å². The number of aromatic nitrogens is 1. The van der Waals surface area contributed by atoms with Gasteiger partial charge < -0.3 is 15.3 Å². The first kappa shape index (κ1) is 16.1. The van der Waals surface area contributed by atoms with Crippen LogP contribution in [0.15, 0.2) is 54.4 Å². The van der Waals surface area contributed by atoms with Crippen molar-refractivity contribution in [2.75, 3.05) is 19.0 Å². The monoisotopic (exact) mass is 336 g/mol. The Hall–Kier alpha value is -2.75. The molecule has 0 aliphatic carbocycles. The Bertz CT molecular complexity index is 853. The number of hydrogen-bond acceptors (Lipinski definition) is 5. The lowest BCUT2D eigenvalue weighted by Gasteiger charge is -2.28. The summed E-state index contributed by atoms with van der Waals surface area (Å²) in [5.74, 6) is 0. The average molecular weight is 336 g/mol. The lowest BCUT2D eigenvalue weighted by atomic mass is 9.89. The Morgan fingerprint density at radius 3 is 2.50 bits per heavy atom. The molecule has 5 nitrogen and oxygen atoms in total. The van der Waals surface area contributed by atoms with Crippen molar-refractivity contribution < 1.29 is 5.11 Å². The Morgan fingerprint density at radius 1 is 1.25 bits per heavy atom. The van der Waals surface area contributed by atoms with Crippen molar-refractivity contribution >= 4 is 28.5 Å². The third-order valence-electron chi connectivity index (χ3n) is 4.00. The lowest BCUT2D eigenvalue weighted by molar-refractivity contribution is 0.0895. The smallest absolute Gasteiger partial charge is 0.191 e. The van der Waals surface area contributed by atoms with Crippen LogP contribution in [-0.4, -0.2) is 29.2 Å². The first-order chi connectivity index (χ1) is 11.5. The quantitative estimate of drug-likeness (QED) is 0.837. The van der Waals surface area contributed by atoms with Gasteiger partial charge in [-0.15, -0.1) is 0 Å². The van der Waals surface area contributed by atoms with E-state index in [1.807, 2.05) is 43.3 Å². The molecule has 0 bridgehead atoms. The van der Waals surface area contributed by atoms with E-state index in [0.29, 0.717) is 16.7 Å². The normalized spacial score (nSPS) is 19.8. The molecule has 1 unspecified atom stereocenters. The zero-order valence-electron chi connectivity index (χ0n) is 13.3. The van der Waals surface area contributed by atoms with Crippen LogP contribution in [0.2, 0.25) is 0 Å². The van der Waals surface area contributed by atoms with E-state index in [9.17, 15) is 10.4 Å². The molecule has 0 amide bonds. The van der Waals surface area contributed by atoms with Crippen LogP contribution in [0, 0.1) is 11.3 Å². The van der Waals surface area contributed by atoms with Crippen molar-refractivity contribution in [3.05, 3.63) is 65.5 Å². The highest BCUT2D eigenvalue weighted by molar-refractivity contribution is 7.80. The minimum absolute atomic E-state index is 0.232. The molecule has 1 aromatic heterocycles. The van der Waals surface area contributed by atoms with Crippen molar-refractivity contribution in [1.82, 2.24) is 10.3 Å². The first-order valence-electron chi connectivity index (χ1n) is 7.35. The second-order valence-corrected chi connectivity index (χ2v) is 6.12. The molecular formula is C18H16N4OS. The van der Waals surface area contributed by atoms with Crippen LogP contribution in [0.1, 0.15) is 11.1 Å². The Kier molecular flexibility index (Phi) is 4.06. The molecule has 1 aliphatic rings. The van der Waals surface area contributed by atoms with Crippen LogP contribution in [0.25, 0.3) is 5.57 Å². The van der Waals surface area contributed by atoms with Crippen LogP contribution in [0.4, 0.5) is 5.69 Å². The maximum Gasteiger partial charge on any atom is 0.191 e. The number of nitrogens with one attached hydrogen (secondary N) is 1. The molecule has 3 rings (SSSR count). The highest BCUT2D eigenvalue weighted by Gasteiger charge is 2.44. The molecule has 6 heteroatoms. The number of benzene rings is 1. The van der Waals surface area contributed by atoms with Crippen LogP contribution in [0.3, 0.4) is 0 Å². The fourth-order valence-corrected chi connectivity index (χ4v) is 3.07. The number of pyridine rings is 1. The summed E-state index contributed by atoms with van der Waals surface area (Å²) in [5.41, 5.74) is 1.41. The molecular weight excluding hydrogens is 320 g/mol. The third-order valence-corrected chi connectivity index (χ3v) is 4.30. The van der Waals surface area contributed by atoms with Gasteiger partial charge in [-0.25, -0.2) is 0 Å². The van der Waals surface area contributed by atoms with Crippen molar-refractivity contribution in [2.24, 2.45) is 0 Å². The lowest BCUT2D eigenvalue weighted by Crippen LogP contribution is -2.40. The molecule has 120 valence electrons. The van der Waals surface area contributed by atoms with E-state index in [1.165, 1.54) is 0 Å². The fraction of sp³-hybridized carbons (Fsp3) is 0.167. The summed E-state index contributed by atoms with van der Waals surface area (Å²) >= 11 is 5.25.